The highest BCUT2D eigenvalue weighted by molar-refractivity contribution is 7.80. The van der Waals surface area contributed by atoms with E-state index in [-0.39, 0.29) is 18.6 Å². The molecule has 0 aliphatic carbocycles. The zero-order valence-corrected chi connectivity index (χ0v) is 21.8. The van der Waals surface area contributed by atoms with Gasteiger partial charge in [0.05, 0.1) is 6.04 Å². The topological polar surface area (TPSA) is 182 Å². The lowest BCUT2D eigenvalue weighted by atomic mass is 10.0. The number of H-pyrrole nitrogens is 2. The van der Waals surface area contributed by atoms with E-state index in [1.807, 2.05) is 48.5 Å². The number of amides is 3. The molecule has 0 bridgehead atoms. The van der Waals surface area contributed by atoms with Gasteiger partial charge in [-0.25, -0.2) is 0 Å². The Morgan fingerprint density at radius 1 is 0.795 bits per heavy atom. The number of thiol groups is 1. The van der Waals surface area contributed by atoms with Crippen molar-refractivity contribution >= 4 is 58.1 Å². The Labute approximate surface area is 229 Å². The van der Waals surface area contributed by atoms with Crippen molar-refractivity contribution in [3.8, 4) is 0 Å². The number of carboxylic acids is 1. The zero-order chi connectivity index (χ0) is 27.9. The molecule has 11 nitrogen and oxygen atoms in total. The van der Waals surface area contributed by atoms with Crippen molar-refractivity contribution in [2.24, 2.45) is 5.73 Å². The van der Waals surface area contributed by atoms with Crippen molar-refractivity contribution in [2.45, 2.75) is 31.0 Å². The summed E-state index contributed by atoms with van der Waals surface area (Å²) in [7, 11) is 0. The lowest BCUT2D eigenvalue weighted by Crippen LogP contribution is -2.57. The van der Waals surface area contributed by atoms with Crippen LogP contribution in [0.3, 0.4) is 0 Å². The summed E-state index contributed by atoms with van der Waals surface area (Å²) in [4.78, 5) is 56.6. The van der Waals surface area contributed by atoms with E-state index in [0.717, 1.165) is 32.9 Å². The molecule has 0 radical (unpaired) electrons. The minimum Gasteiger partial charge on any atom is -0.480 e. The molecule has 8 N–H and O–H groups in total. The fourth-order valence-corrected chi connectivity index (χ4v) is 4.55. The molecular formula is C27H30N6O5S. The van der Waals surface area contributed by atoms with Crippen LogP contribution in [0, 0.1) is 0 Å². The van der Waals surface area contributed by atoms with Gasteiger partial charge in [-0.1, -0.05) is 36.4 Å². The predicted molar refractivity (Wildman–Crippen MR) is 150 cm³/mol. The second-order valence-corrected chi connectivity index (χ2v) is 9.52. The van der Waals surface area contributed by atoms with Gasteiger partial charge in [-0.2, -0.15) is 12.6 Å². The van der Waals surface area contributed by atoms with Gasteiger partial charge < -0.3 is 36.8 Å². The Balaban J connectivity index is 1.60. The van der Waals surface area contributed by atoms with E-state index in [2.05, 4.69) is 38.5 Å². The highest BCUT2D eigenvalue weighted by Crippen LogP contribution is 2.21. The van der Waals surface area contributed by atoms with Crippen LogP contribution >= 0.6 is 12.6 Å². The Kier molecular flexibility index (Phi) is 8.89. The molecule has 0 fully saturated rings. The first kappa shape index (κ1) is 27.7. The third kappa shape index (κ3) is 6.78. The Morgan fingerprint density at radius 2 is 1.28 bits per heavy atom. The summed E-state index contributed by atoms with van der Waals surface area (Å²) >= 11 is 4.07. The van der Waals surface area contributed by atoms with E-state index in [9.17, 15) is 19.2 Å². The third-order valence-electron chi connectivity index (χ3n) is 6.41. The molecule has 0 saturated carbocycles. The Morgan fingerprint density at radius 3 is 1.79 bits per heavy atom. The number of aromatic nitrogens is 2. The van der Waals surface area contributed by atoms with Crippen LogP contribution in [0.2, 0.25) is 0 Å². The summed E-state index contributed by atoms with van der Waals surface area (Å²) in [6.07, 6.45) is 3.71. The SMILES string of the molecule is NC(CS)C(=O)NC(Cc1c[nH]c2ccccc12)C(=O)NC(Cc1c[nH]c2ccccc12)C(=O)NCC(=O)O. The lowest BCUT2D eigenvalue weighted by Gasteiger charge is -2.24. The fraction of sp³-hybridized carbons (Fsp3) is 0.259. The highest BCUT2D eigenvalue weighted by Gasteiger charge is 2.29. The lowest BCUT2D eigenvalue weighted by molar-refractivity contribution is -0.138. The van der Waals surface area contributed by atoms with Gasteiger partial charge in [0.25, 0.3) is 0 Å². The minimum absolute atomic E-state index is 0.0774. The standard InChI is InChI=1S/C27H30N6O5S/c28-19(14-39)25(36)32-23(10-16-12-30-21-8-4-2-6-18(16)21)27(38)33-22(26(37)31-13-24(34)35)9-15-11-29-20-7-3-1-5-17(15)20/h1-8,11-12,19,22-23,29-30,39H,9-10,13-14,28H2,(H,31,37)(H,32,36)(H,33,38)(H,34,35). The predicted octanol–water partition coefficient (Wildman–Crippen LogP) is 0.862. The van der Waals surface area contributed by atoms with E-state index in [0.29, 0.717) is 0 Å². The maximum absolute atomic E-state index is 13.6. The van der Waals surface area contributed by atoms with Crippen LogP contribution in [0.5, 0.6) is 0 Å². The first-order chi connectivity index (χ1) is 18.8. The molecule has 204 valence electrons. The molecule has 12 heteroatoms. The van der Waals surface area contributed by atoms with E-state index >= 15 is 0 Å². The number of hydrogen-bond donors (Lipinski definition) is 8. The van der Waals surface area contributed by atoms with Gasteiger partial charge >= 0.3 is 5.97 Å². The number of nitrogens with one attached hydrogen (secondary N) is 5. The van der Waals surface area contributed by atoms with Crippen molar-refractivity contribution in [1.29, 1.82) is 0 Å². The van der Waals surface area contributed by atoms with Gasteiger partial charge in [0.1, 0.15) is 18.6 Å². The molecule has 0 aliphatic rings. The van der Waals surface area contributed by atoms with Crippen LogP contribution in [0.25, 0.3) is 21.8 Å². The number of carbonyl (C=O) groups is 4. The fourth-order valence-electron chi connectivity index (χ4n) is 4.38. The number of para-hydroxylation sites is 2. The van der Waals surface area contributed by atoms with Gasteiger partial charge in [0.15, 0.2) is 0 Å². The molecule has 2 aromatic heterocycles. The third-order valence-corrected chi connectivity index (χ3v) is 6.80. The number of aromatic amines is 2. The molecule has 3 amide bonds. The number of hydrogen-bond acceptors (Lipinski definition) is 6. The molecule has 4 aromatic rings. The Bertz CT molecular complexity index is 1500. The zero-order valence-electron chi connectivity index (χ0n) is 20.9. The molecule has 0 saturated heterocycles. The normalized spacial score (nSPS) is 13.5. The molecule has 39 heavy (non-hydrogen) atoms. The van der Waals surface area contributed by atoms with Crippen molar-refractivity contribution in [3.63, 3.8) is 0 Å². The molecule has 0 aliphatic heterocycles. The average Bonchev–Trinajstić information content (AvgIpc) is 3.54. The largest absolute Gasteiger partial charge is 0.480 e. The maximum Gasteiger partial charge on any atom is 0.322 e. The van der Waals surface area contributed by atoms with Crippen molar-refractivity contribution in [3.05, 3.63) is 72.1 Å². The van der Waals surface area contributed by atoms with Crippen molar-refractivity contribution < 1.29 is 24.3 Å². The van der Waals surface area contributed by atoms with E-state index < -0.39 is 48.4 Å². The molecule has 3 atom stereocenters. The number of aliphatic carboxylic acids is 1. The number of rotatable bonds is 12. The quantitative estimate of drug-likeness (QED) is 0.121. The van der Waals surface area contributed by atoms with Gasteiger partial charge in [-0.3, -0.25) is 19.2 Å². The number of carbonyl (C=O) groups excluding carboxylic acids is 3. The van der Waals surface area contributed by atoms with E-state index in [1.165, 1.54) is 0 Å². The molecule has 2 aromatic carbocycles. The van der Waals surface area contributed by atoms with Crippen LogP contribution in [0.4, 0.5) is 0 Å². The first-order valence-corrected chi connectivity index (χ1v) is 13.0. The van der Waals surface area contributed by atoms with Gasteiger partial charge in [0, 0.05) is 52.8 Å². The summed E-state index contributed by atoms with van der Waals surface area (Å²) in [5.74, 6) is -2.98. The van der Waals surface area contributed by atoms with E-state index in [4.69, 9.17) is 10.8 Å². The van der Waals surface area contributed by atoms with Gasteiger partial charge in [0.2, 0.25) is 17.7 Å². The molecule has 4 rings (SSSR count). The van der Waals surface area contributed by atoms with Gasteiger partial charge in [-0.15, -0.1) is 0 Å². The molecule has 0 spiro atoms. The smallest absolute Gasteiger partial charge is 0.322 e. The molecule has 3 unspecified atom stereocenters. The Hall–Kier alpha value is -4.29. The number of carboxylic acid groups (broad SMARTS) is 1. The highest BCUT2D eigenvalue weighted by atomic mass is 32.1. The summed E-state index contributed by atoms with van der Waals surface area (Å²) in [6.45, 7) is -0.606. The number of benzene rings is 2. The number of fused-ring (bicyclic) bond motifs is 2. The van der Waals surface area contributed by atoms with Crippen LogP contribution < -0.4 is 21.7 Å². The van der Waals surface area contributed by atoms with Crippen molar-refractivity contribution in [2.75, 3.05) is 12.3 Å². The summed E-state index contributed by atoms with van der Waals surface area (Å²) in [6, 6.07) is 11.9. The maximum atomic E-state index is 13.6. The average molecular weight is 551 g/mol. The van der Waals surface area contributed by atoms with Crippen LogP contribution in [0.1, 0.15) is 11.1 Å². The molecular weight excluding hydrogens is 520 g/mol. The second-order valence-electron chi connectivity index (χ2n) is 9.15. The van der Waals surface area contributed by atoms with Crippen molar-refractivity contribution in [1.82, 2.24) is 25.9 Å². The van der Waals surface area contributed by atoms with Crippen LogP contribution in [-0.2, 0) is 32.0 Å². The summed E-state index contributed by atoms with van der Waals surface area (Å²) < 4.78 is 0. The monoisotopic (exact) mass is 550 g/mol. The summed E-state index contributed by atoms with van der Waals surface area (Å²) in [5.41, 5.74) is 9.11. The second kappa shape index (κ2) is 12.5. The number of nitrogens with two attached hydrogens (primary N) is 1. The van der Waals surface area contributed by atoms with E-state index in [1.54, 1.807) is 12.4 Å². The van der Waals surface area contributed by atoms with Crippen LogP contribution in [0.15, 0.2) is 60.9 Å². The minimum atomic E-state index is -1.22. The van der Waals surface area contributed by atoms with Crippen LogP contribution in [-0.4, -0.2) is 69.2 Å². The molecule has 2 heterocycles. The van der Waals surface area contributed by atoms with Gasteiger partial charge in [-0.05, 0) is 23.3 Å². The first-order valence-electron chi connectivity index (χ1n) is 12.3. The summed E-state index contributed by atoms with van der Waals surface area (Å²) in [5, 5.41) is 18.5.